The molecule has 0 aliphatic heterocycles. The van der Waals surface area contributed by atoms with Crippen LogP contribution in [-0.2, 0) is 28.9 Å². The van der Waals surface area contributed by atoms with Gasteiger partial charge in [0.2, 0.25) is 5.91 Å². The average Bonchev–Trinajstić information content (AvgIpc) is 3.17. The molecular formula is C22H23F2N3O4S2. The van der Waals surface area contributed by atoms with E-state index in [0.717, 1.165) is 43.0 Å². The number of thioether (sulfide) groups is 1. The number of carbonyl (C=O) groups excluding carboxylic acids is 1. The lowest BCUT2D eigenvalue weighted by Crippen LogP contribution is -2.26. The van der Waals surface area contributed by atoms with Gasteiger partial charge in [0.05, 0.1) is 30.0 Å². The number of amides is 1. The van der Waals surface area contributed by atoms with Gasteiger partial charge >= 0.3 is 6.61 Å². The van der Waals surface area contributed by atoms with Gasteiger partial charge in [0.1, 0.15) is 10.6 Å². The number of benzene rings is 1. The summed E-state index contributed by atoms with van der Waals surface area (Å²) >= 11 is 2.67. The second-order valence-corrected chi connectivity index (χ2v) is 9.47. The summed E-state index contributed by atoms with van der Waals surface area (Å²) in [7, 11) is 1.56. The number of thiophene rings is 1. The van der Waals surface area contributed by atoms with E-state index < -0.39 is 12.5 Å². The van der Waals surface area contributed by atoms with E-state index >= 15 is 0 Å². The van der Waals surface area contributed by atoms with Crippen LogP contribution in [0.4, 0.5) is 14.5 Å². The highest BCUT2D eigenvalue weighted by Crippen LogP contribution is 2.35. The van der Waals surface area contributed by atoms with E-state index in [1.165, 1.54) is 23.1 Å². The number of rotatable bonds is 9. The number of halogens is 2. The summed E-state index contributed by atoms with van der Waals surface area (Å²) in [6.45, 7) is -2.35. The number of aromatic nitrogens is 2. The van der Waals surface area contributed by atoms with E-state index in [0.29, 0.717) is 28.5 Å². The van der Waals surface area contributed by atoms with Crippen molar-refractivity contribution in [3.05, 3.63) is 45.1 Å². The third-order valence-electron chi connectivity index (χ3n) is 5.27. The van der Waals surface area contributed by atoms with Gasteiger partial charge in [-0.25, -0.2) is 4.98 Å². The van der Waals surface area contributed by atoms with Crippen LogP contribution in [0.5, 0.6) is 5.75 Å². The number of anilines is 1. The molecular weight excluding hydrogens is 472 g/mol. The van der Waals surface area contributed by atoms with Crippen LogP contribution in [0.1, 0.15) is 23.3 Å². The first-order valence-electron chi connectivity index (χ1n) is 10.5. The number of para-hydroxylation sites is 2. The van der Waals surface area contributed by atoms with E-state index in [1.807, 2.05) is 0 Å². The Morgan fingerprint density at radius 3 is 2.88 bits per heavy atom. The number of carbonyl (C=O) groups is 1. The first-order valence-corrected chi connectivity index (χ1v) is 12.3. The fourth-order valence-corrected chi connectivity index (χ4v) is 5.92. The van der Waals surface area contributed by atoms with Crippen molar-refractivity contribution in [3.8, 4) is 5.75 Å². The van der Waals surface area contributed by atoms with Crippen molar-refractivity contribution in [1.29, 1.82) is 0 Å². The van der Waals surface area contributed by atoms with Gasteiger partial charge in [0.25, 0.3) is 5.56 Å². The van der Waals surface area contributed by atoms with Gasteiger partial charge in [-0.3, -0.25) is 14.2 Å². The fraction of sp³-hybridized carbons (Fsp3) is 0.409. The maximum Gasteiger partial charge on any atom is 0.387 e. The number of aryl methyl sites for hydroxylation is 2. The molecule has 1 aromatic carbocycles. The molecule has 0 saturated heterocycles. The molecule has 11 heteroatoms. The smallest absolute Gasteiger partial charge is 0.387 e. The summed E-state index contributed by atoms with van der Waals surface area (Å²) in [5.41, 5.74) is 1.14. The minimum absolute atomic E-state index is 0.0565. The third kappa shape index (κ3) is 5.36. The van der Waals surface area contributed by atoms with Crippen molar-refractivity contribution in [2.45, 2.75) is 44.0 Å². The van der Waals surface area contributed by atoms with Crippen molar-refractivity contribution in [1.82, 2.24) is 9.55 Å². The molecule has 176 valence electrons. The molecule has 7 nitrogen and oxygen atoms in total. The molecule has 1 amide bonds. The number of fused-ring (bicyclic) bond motifs is 3. The Hall–Kier alpha value is -2.50. The molecule has 0 fully saturated rings. The number of alkyl halides is 2. The molecule has 0 radical (unpaired) electrons. The minimum atomic E-state index is -3.00. The first kappa shape index (κ1) is 23.7. The largest absolute Gasteiger partial charge is 0.433 e. The maximum atomic E-state index is 13.3. The molecule has 4 rings (SSSR count). The predicted molar refractivity (Wildman–Crippen MR) is 125 cm³/mol. The summed E-state index contributed by atoms with van der Waals surface area (Å²) in [6.07, 6.45) is 4.00. The van der Waals surface area contributed by atoms with Crippen LogP contribution in [0.25, 0.3) is 10.2 Å². The van der Waals surface area contributed by atoms with Crippen LogP contribution in [0.2, 0.25) is 0 Å². The summed E-state index contributed by atoms with van der Waals surface area (Å²) in [4.78, 5) is 32.5. The number of nitrogens with zero attached hydrogens (tertiary/aromatic N) is 2. The van der Waals surface area contributed by atoms with Crippen LogP contribution in [-0.4, -0.2) is 41.5 Å². The van der Waals surface area contributed by atoms with Gasteiger partial charge in [-0.1, -0.05) is 23.9 Å². The standard InChI is InChI=1S/C22H23F2N3O4S2/c1-30-11-10-27-20(29)18-13-6-2-5-9-16(13)33-19(18)26-22(27)32-12-17(28)25-14-7-3-4-8-15(14)31-21(23)24/h3-4,7-8,21H,2,5-6,9-12H2,1H3,(H,25,28). The second-order valence-electron chi connectivity index (χ2n) is 7.45. The zero-order valence-corrected chi connectivity index (χ0v) is 19.6. The van der Waals surface area contributed by atoms with Crippen LogP contribution >= 0.6 is 23.1 Å². The lowest BCUT2D eigenvalue weighted by atomic mass is 9.97. The number of hydrogen-bond acceptors (Lipinski definition) is 7. The number of methoxy groups -OCH3 is 1. The molecule has 0 bridgehead atoms. The monoisotopic (exact) mass is 495 g/mol. The second kappa shape index (κ2) is 10.6. The Labute approximate surface area is 197 Å². The van der Waals surface area contributed by atoms with Crippen LogP contribution in [0.3, 0.4) is 0 Å². The lowest BCUT2D eigenvalue weighted by molar-refractivity contribution is -0.113. The molecule has 33 heavy (non-hydrogen) atoms. The van der Waals surface area contributed by atoms with E-state index in [4.69, 9.17) is 9.72 Å². The third-order valence-corrected chi connectivity index (χ3v) is 7.43. The average molecular weight is 496 g/mol. The number of hydrogen-bond donors (Lipinski definition) is 1. The first-order chi connectivity index (χ1) is 16.0. The number of ether oxygens (including phenoxy) is 2. The Bertz CT molecular complexity index is 1210. The summed E-state index contributed by atoms with van der Waals surface area (Å²) in [5.74, 6) is -0.603. The highest BCUT2D eigenvalue weighted by molar-refractivity contribution is 7.99. The van der Waals surface area contributed by atoms with Gasteiger partial charge in [0.15, 0.2) is 5.16 Å². The molecule has 2 aromatic heterocycles. The van der Waals surface area contributed by atoms with Crippen molar-refractivity contribution in [2.24, 2.45) is 0 Å². The summed E-state index contributed by atoms with van der Waals surface area (Å²) in [6, 6.07) is 5.98. The zero-order valence-electron chi connectivity index (χ0n) is 17.9. The van der Waals surface area contributed by atoms with Gasteiger partial charge in [0, 0.05) is 12.0 Å². The van der Waals surface area contributed by atoms with Gasteiger partial charge in [-0.15, -0.1) is 11.3 Å². The van der Waals surface area contributed by atoms with Crippen molar-refractivity contribution in [2.75, 3.05) is 24.8 Å². The normalized spacial score (nSPS) is 13.3. The van der Waals surface area contributed by atoms with Crippen LogP contribution < -0.4 is 15.6 Å². The molecule has 1 N–H and O–H groups in total. The van der Waals surface area contributed by atoms with Crippen LogP contribution in [0.15, 0.2) is 34.2 Å². The molecule has 0 spiro atoms. The van der Waals surface area contributed by atoms with Crippen LogP contribution in [0, 0.1) is 0 Å². The molecule has 1 aliphatic carbocycles. The SMILES string of the molecule is COCCn1c(SCC(=O)Nc2ccccc2OC(F)F)nc2sc3c(c2c1=O)CCCC3. The van der Waals surface area contributed by atoms with E-state index in [9.17, 15) is 18.4 Å². The fourth-order valence-electron chi connectivity index (χ4n) is 3.79. The maximum absolute atomic E-state index is 13.3. The molecule has 0 saturated carbocycles. The van der Waals surface area contributed by atoms with Gasteiger partial charge in [-0.2, -0.15) is 8.78 Å². The molecule has 1 aliphatic rings. The van der Waals surface area contributed by atoms with Crippen molar-refractivity contribution in [3.63, 3.8) is 0 Å². The quantitative estimate of drug-likeness (QED) is 0.352. The lowest BCUT2D eigenvalue weighted by Gasteiger charge is -2.14. The Kier molecular flexibility index (Phi) is 7.61. The Balaban J connectivity index is 1.57. The van der Waals surface area contributed by atoms with Crippen molar-refractivity contribution >= 4 is 44.9 Å². The predicted octanol–water partition coefficient (Wildman–Crippen LogP) is 4.32. The molecule has 2 heterocycles. The zero-order chi connectivity index (χ0) is 23.4. The molecule has 0 unspecified atom stereocenters. The minimum Gasteiger partial charge on any atom is -0.433 e. The highest BCUT2D eigenvalue weighted by atomic mass is 32.2. The van der Waals surface area contributed by atoms with Gasteiger partial charge in [-0.05, 0) is 43.4 Å². The van der Waals surface area contributed by atoms with Gasteiger partial charge < -0.3 is 14.8 Å². The Morgan fingerprint density at radius 1 is 1.30 bits per heavy atom. The Morgan fingerprint density at radius 2 is 2.09 bits per heavy atom. The molecule has 0 atom stereocenters. The molecule has 3 aromatic rings. The van der Waals surface area contributed by atoms with E-state index in [2.05, 4.69) is 10.1 Å². The summed E-state index contributed by atoms with van der Waals surface area (Å²) < 4.78 is 36.4. The van der Waals surface area contributed by atoms with E-state index in [-0.39, 0.29) is 22.7 Å². The number of nitrogens with one attached hydrogen (secondary N) is 1. The summed E-state index contributed by atoms with van der Waals surface area (Å²) in [5, 5.41) is 3.69. The van der Waals surface area contributed by atoms with E-state index in [1.54, 1.807) is 29.1 Å². The topological polar surface area (TPSA) is 82.4 Å². The van der Waals surface area contributed by atoms with Crippen molar-refractivity contribution < 1.29 is 23.0 Å². The highest BCUT2D eigenvalue weighted by Gasteiger charge is 2.22.